The Labute approximate surface area is 181 Å². The first kappa shape index (κ1) is 19.1. The van der Waals surface area contributed by atoms with E-state index in [9.17, 15) is 4.79 Å². The zero-order valence-electron chi connectivity index (χ0n) is 16.7. The molecule has 9 nitrogen and oxygen atoms in total. The fourth-order valence-electron chi connectivity index (χ4n) is 3.29. The molecule has 0 fully saturated rings. The minimum absolute atomic E-state index is 0.0435. The highest BCUT2D eigenvalue weighted by atomic mass is 35.5. The summed E-state index contributed by atoms with van der Waals surface area (Å²) in [6.07, 6.45) is -0.0435. The van der Waals surface area contributed by atoms with Crippen molar-refractivity contribution in [2.75, 3.05) is 7.11 Å². The van der Waals surface area contributed by atoms with E-state index < -0.39 is 5.97 Å². The van der Waals surface area contributed by atoms with Crippen molar-refractivity contribution in [1.82, 2.24) is 34.6 Å². The van der Waals surface area contributed by atoms with Gasteiger partial charge in [-0.2, -0.15) is 14.6 Å². The van der Waals surface area contributed by atoms with Crippen LogP contribution in [0.3, 0.4) is 0 Å². The second-order valence-corrected chi connectivity index (χ2v) is 7.35. The van der Waals surface area contributed by atoms with Crippen molar-refractivity contribution in [3.63, 3.8) is 0 Å². The van der Waals surface area contributed by atoms with Gasteiger partial charge in [0.05, 0.1) is 24.2 Å². The van der Waals surface area contributed by atoms with E-state index in [4.69, 9.17) is 16.3 Å². The molecule has 10 heteroatoms. The number of hydrogen-bond donors (Lipinski definition) is 0. The molecular weight excluding hydrogens is 418 g/mol. The third-order valence-electron chi connectivity index (χ3n) is 4.87. The first-order valence-corrected chi connectivity index (χ1v) is 9.83. The van der Waals surface area contributed by atoms with E-state index in [1.54, 1.807) is 15.3 Å². The van der Waals surface area contributed by atoms with Crippen LogP contribution in [0.5, 0.6) is 0 Å². The summed E-state index contributed by atoms with van der Waals surface area (Å²) in [6, 6.07) is 15.1. The third-order valence-corrected chi connectivity index (χ3v) is 5.20. The van der Waals surface area contributed by atoms with Gasteiger partial charge in [-0.3, -0.25) is 4.79 Å². The number of carbonyl (C=O) groups excluding carboxylic acids is 1. The number of fused-ring (bicyclic) bond motifs is 3. The highest BCUT2D eigenvalue weighted by Gasteiger charge is 2.22. The fraction of sp³-hybridized carbons (Fsp3) is 0.143. The minimum Gasteiger partial charge on any atom is -0.469 e. The van der Waals surface area contributed by atoms with E-state index in [1.165, 1.54) is 7.11 Å². The van der Waals surface area contributed by atoms with E-state index in [0.717, 1.165) is 11.3 Å². The van der Waals surface area contributed by atoms with Crippen molar-refractivity contribution in [2.24, 2.45) is 0 Å². The van der Waals surface area contributed by atoms with Crippen molar-refractivity contribution in [1.29, 1.82) is 0 Å². The van der Waals surface area contributed by atoms with Gasteiger partial charge < -0.3 is 4.74 Å². The largest absolute Gasteiger partial charge is 0.469 e. The summed E-state index contributed by atoms with van der Waals surface area (Å²) in [5.74, 6) is 0.284. The first-order chi connectivity index (χ1) is 15.0. The van der Waals surface area contributed by atoms with Gasteiger partial charge in [0.1, 0.15) is 5.69 Å². The fourth-order valence-corrected chi connectivity index (χ4v) is 3.51. The molecule has 3 heterocycles. The number of halogens is 1. The van der Waals surface area contributed by atoms with E-state index in [-0.39, 0.29) is 6.42 Å². The normalized spacial score (nSPS) is 11.3. The average molecular weight is 434 g/mol. The molecule has 0 unspecified atom stereocenters. The summed E-state index contributed by atoms with van der Waals surface area (Å²) in [5, 5.41) is 18.3. The Morgan fingerprint density at radius 3 is 2.58 bits per heavy atom. The molecule has 5 aromatic rings. The second kappa shape index (κ2) is 7.44. The minimum atomic E-state index is -0.423. The summed E-state index contributed by atoms with van der Waals surface area (Å²) in [7, 11) is 1.33. The molecule has 0 spiro atoms. The molecule has 0 amide bonds. The molecule has 3 aromatic heterocycles. The van der Waals surface area contributed by atoms with Crippen LogP contribution >= 0.6 is 11.6 Å². The van der Waals surface area contributed by atoms with Crippen molar-refractivity contribution < 1.29 is 9.53 Å². The topological polar surface area (TPSA) is 100 Å². The molecule has 0 aliphatic rings. The van der Waals surface area contributed by atoms with Gasteiger partial charge in [0.15, 0.2) is 17.0 Å². The summed E-state index contributed by atoms with van der Waals surface area (Å²) >= 11 is 6.33. The van der Waals surface area contributed by atoms with Gasteiger partial charge in [-0.05, 0) is 31.2 Å². The maximum absolute atomic E-state index is 11.9. The van der Waals surface area contributed by atoms with Crippen LogP contribution in [0.1, 0.15) is 11.3 Å². The highest BCUT2D eigenvalue weighted by Crippen LogP contribution is 2.27. The van der Waals surface area contributed by atoms with Crippen LogP contribution in [0.4, 0.5) is 0 Å². The Morgan fingerprint density at radius 1 is 1.06 bits per heavy atom. The molecule has 154 valence electrons. The molecule has 0 aliphatic heterocycles. The van der Waals surface area contributed by atoms with Gasteiger partial charge in [0.2, 0.25) is 0 Å². The zero-order valence-corrected chi connectivity index (χ0v) is 17.4. The molecule has 0 atom stereocenters. The lowest BCUT2D eigenvalue weighted by Crippen LogP contribution is -2.06. The lowest BCUT2D eigenvalue weighted by Gasteiger charge is -2.04. The van der Waals surface area contributed by atoms with Gasteiger partial charge in [-0.25, -0.2) is 4.68 Å². The molecule has 5 rings (SSSR count). The monoisotopic (exact) mass is 433 g/mol. The molecular formula is C21H16ClN7O2. The number of aromatic nitrogens is 7. The molecule has 0 saturated heterocycles. The second-order valence-electron chi connectivity index (χ2n) is 6.95. The average Bonchev–Trinajstić information content (AvgIpc) is 3.36. The summed E-state index contributed by atoms with van der Waals surface area (Å²) in [6.45, 7) is 2.00. The molecule has 0 N–H and O–H groups in total. The predicted molar refractivity (Wildman–Crippen MR) is 114 cm³/mol. The Bertz CT molecular complexity index is 1440. The van der Waals surface area contributed by atoms with Gasteiger partial charge in [0, 0.05) is 5.56 Å². The Hall–Kier alpha value is -3.85. The van der Waals surface area contributed by atoms with Gasteiger partial charge in [-0.1, -0.05) is 41.4 Å². The van der Waals surface area contributed by atoms with Crippen LogP contribution in [0, 0.1) is 6.92 Å². The molecule has 2 aromatic carbocycles. The highest BCUT2D eigenvalue weighted by molar-refractivity contribution is 6.33. The smallest absolute Gasteiger partial charge is 0.311 e. The number of methoxy groups -OCH3 is 1. The Balaban J connectivity index is 1.79. The number of esters is 1. The molecule has 0 radical (unpaired) electrons. The predicted octanol–water partition coefficient (Wildman–Crippen LogP) is 3.20. The number of ether oxygens (including phenoxy) is 1. The summed E-state index contributed by atoms with van der Waals surface area (Å²) < 4.78 is 8.06. The van der Waals surface area contributed by atoms with Crippen LogP contribution in [0.25, 0.3) is 34.0 Å². The summed E-state index contributed by atoms with van der Waals surface area (Å²) in [5.41, 5.74) is 4.00. The number of aryl methyl sites for hydroxylation is 1. The van der Waals surface area contributed by atoms with Crippen molar-refractivity contribution in [2.45, 2.75) is 13.3 Å². The molecule has 31 heavy (non-hydrogen) atoms. The van der Waals surface area contributed by atoms with Gasteiger partial charge >= 0.3 is 5.97 Å². The van der Waals surface area contributed by atoms with Crippen molar-refractivity contribution >= 4 is 34.5 Å². The lowest BCUT2D eigenvalue weighted by molar-refractivity contribution is -0.139. The van der Waals surface area contributed by atoms with Crippen molar-refractivity contribution in [3.8, 4) is 17.1 Å². The molecule has 0 aliphatic carbocycles. The number of nitrogens with zero attached hydrogens (tertiary/aromatic N) is 7. The van der Waals surface area contributed by atoms with Gasteiger partial charge in [0.25, 0.3) is 5.78 Å². The number of carbonyl (C=O) groups is 1. The number of benzene rings is 2. The van der Waals surface area contributed by atoms with E-state index >= 15 is 0 Å². The standard InChI is InChI=1S/C21H16ClN7O2/c1-12-7-9-13(10-8-12)28-20-18(16(26-28)11-17(30)31-2)24-25-21-23-19(27-29(20)21)14-5-3-4-6-15(14)22/h3-10H,11H2,1-2H3. The molecule has 0 saturated carbocycles. The Kier molecular flexibility index (Phi) is 4.59. The van der Waals surface area contributed by atoms with Crippen LogP contribution < -0.4 is 0 Å². The van der Waals surface area contributed by atoms with Crippen LogP contribution in [-0.4, -0.2) is 47.7 Å². The zero-order chi connectivity index (χ0) is 21.5. The van der Waals surface area contributed by atoms with Crippen LogP contribution in [-0.2, 0) is 16.0 Å². The first-order valence-electron chi connectivity index (χ1n) is 9.45. The van der Waals surface area contributed by atoms with Crippen LogP contribution in [0.15, 0.2) is 48.5 Å². The SMILES string of the molecule is COC(=O)Cc1nn(-c2ccc(C)cc2)c2c1nnc1nc(-c3ccccc3Cl)nn12. The number of hydrogen-bond acceptors (Lipinski definition) is 7. The molecule has 0 bridgehead atoms. The lowest BCUT2D eigenvalue weighted by atomic mass is 10.2. The maximum atomic E-state index is 11.9. The summed E-state index contributed by atoms with van der Waals surface area (Å²) in [4.78, 5) is 16.4. The Morgan fingerprint density at radius 2 is 1.84 bits per heavy atom. The third kappa shape index (κ3) is 3.28. The number of rotatable bonds is 4. The van der Waals surface area contributed by atoms with E-state index in [1.807, 2.05) is 49.4 Å². The van der Waals surface area contributed by atoms with Gasteiger partial charge in [-0.15, -0.1) is 15.3 Å². The van der Waals surface area contributed by atoms with E-state index in [0.29, 0.717) is 39.0 Å². The quantitative estimate of drug-likeness (QED) is 0.401. The maximum Gasteiger partial charge on any atom is 0.311 e. The van der Waals surface area contributed by atoms with Crippen LogP contribution in [0.2, 0.25) is 5.02 Å². The van der Waals surface area contributed by atoms with Crippen molar-refractivity contribution in [3.05, 3.63) is 64.8 Å². The van der Waals surface area contributed by atoms with E-state index in [2.05, 4.69) is 25.4 Å².